The number of halogens is 1. The monoisotopic (exact) mass is 393 g/mol. The third kappa shape index (κ3) is 5.86. The molecule has 1 aromatic heterocycles. The van der Waals surface area contributed by atoms with Gasteiger partial charge in [0, 0.05) is 5.56 Å². The summed E-state index contributed by atoms with van der Waals surface area (Å²) in [5.74, 6) is 1.43. The van der Waals surface area contributed by atoms with Gasteiger partial charge in [0.25, 0.3) is 0 Å². The minimum Gasteiger partial charge on any atom is -0.457 e. The van der Waals surface area contributed by atoms with E-state index in [4.69, 9.17) is 10.5 Å². The van der Waals surface area contributed by atoms with Gasteiger partial charge in [0.15, 0.2) is 0 Å². The molecule has 1 amide bonds. The molecule has 5 nitrogen and oxygen atoms in total. The molecule has 0 bridgehead atoms. The Balaban J connectivity index is 1.68. The van der Waals surface area contributed by atoms with E-state index in [1.807, 2.05) is 50.2 Å². The number of amides is 1. The van der Waals surface area contributed by atoms with Gasteiger partial charge >= 0.3 is 0 Å². The number of rotatable bonds is 7. The van der Waals surface area contributed by atoms with Crippen molar-refractivity contribution in [3.63, 3.8) is 0 Å². The molecule has 150 valence electrons. The van der Waals surface area contributed by atoms with Gasteiger partial charge in [0.1, 0.15) is 23.1 Å². The van der Waals surface area contributed by atoms with Gasteiger partial charge in [-0.3, -0.25) is 4.79 Å². The molecule has 3 rings (SSSR count). The molecule has 0 saturated carbocycles. The largest absolute Gasteiger partial charge is 0.457 e. The molecule has 1 atom stereocenters. The SMILES string of the molecule is CC(C)CC(N)C(=O)Nc1cccc(-c2ccc(Oc3ccc(F)cc3)cc2)n1. The summed E-state index contributed by atoms with van der Waals surface area (Å²) in [6.07, 6.45) is 0.612. The summed E-state index contributed by atoms with van der Waals surface area (Å²) >= 11 is 0. The van der Waals surface area contributed by atoms with Crippen LogP contribution in [0, 0.1) is 11.7 Å². The minimum atomic E-state index is -0.566. The number of nitrogens with zero attached hydrogens (tertiary/aromatic N) is 1. The molecule has 0 radical (unpaired) electrons. The average molecular weight is 393 g/mol. The van der Waals surface area contributed by atoms with Gasteiger partial charge in [0.2, 0.25) is 5.91 Å². The topological polar surface area (TPSA) is 77.2 Å². The van der Waals surface area contributed by atoms with Crippen LogP contribution in [0.3, 0.4) is 0 Å². The van der Waals surface area contributed by atoms with Crippen molar-refractivity contribution in [2.45, 2.75) is 26.3 Å². The van der Waals surface area contributed by atoms with E-state index in [1.54, 1.807) is 18.2 Å². The Morgan fingerprint density at radius 1 is 1.03 bits per heavy atom. The van der Waals surface area contributed by atoms with Crippen molar-refractivity contribution in [1.29, 1.82) is 0 Å². The molecular weight excluding hydrogens is 369 g/mol. The molecule has 3 N–H and O–H groups in total. The van der Waals surface area contributed by atoms with Gasteiger partial charge in [0.05, 0.1) is 11.7 Å². The first-order valence-electron chi connectivity index (χ1n) is 9.48. The molecule has 1 heterocycles. The second-order valence-electron chi connectivity index (χ2n) is 7.21. The first kappa shape index (κ1) is 20.5. The molecule has 2 aromatic carbocycles. The highest BCUT2D eigenvalue weighted by atomic mass is 19.1. The molecule has 0 saturated heterocycles. The molecule has 29 heavy (non-hydrogen) atoms. The maximum absolute atomic E-state index is 13.0. The number of ether oxygens (including phenoxy) is 1. The minimum absolute atomic E-state index is 0.244. The molecular formula is C23H24FN3O2. The van der Waals surface area contributed by atoms with Crippen LogP contribution in [0.4, 0.5) is 10.2 Å². The van der Waals surface area contributed by atoms with Gasteiger partial charge in [-0.1, -0.05) is 19.9 Å². The second kappa shape index (κ2) is 9.30. The maximum atomic E-state index is 13.0. The number of pyridine rings is 1. The van der Waals surface area contributed by atoms with E-state index in [0.717, 1.165) is 5.56 Å². The Bertz CT molecular complexity index is 957. The summed E-state index contributed by atoms with van der Waals surface area (Å²) in [6, 6.07) is 18.1. The fourth-order valence-corrected chi connectivity index (χ4v) is 2.83. The van der Waals surface area contributed by atoms with Crippen molar-refractivity contribution in [3.8, 4) is 22.8 Å². The third-order valence-electron chi connectivity index (χ3n) is 4.26. The Kier molecular flexibility index (Phi) is 6.57. The Hall–Kier alpha value is -3.25. The number of benzene rings is 2. The number of nitrogens with two attached hydrogens (primary N) is 1. The van der Waals surface area contributed by atoms with Gasteiger partial charge < -0.3 is 15.8 Å². The van der Waals surface area contributed by atoms with Crippen LogP contribution in [-0.2, 0) is 4.79 Å². The summed E-state index contributed by atoms with van der Waals surface area (Å²) in [6.45, 7) is 4.05. The van der Waals surface area contributed by atoms with Crippen LogP contribution in [0.1, 0.15) is 20.3 Å². The summed E-state index contributed by atoms with van der Waals surface area (Å²) in [7, 11) is 0. The smallest absolute Gasteiger partial charge is 0.242 e. The van der Waals surface area contributed by atoms with Crippen molar-refractivity contribution in [3.05, 3.63) is 72.5 Å². The molecule has 0 spiro atoms. The van der Waals surface area contributed by atoms with Crippen LogP contribution in [0.15, 0.2) is 66.7 Å². The number of carbonyl (C=O) groups excluding carboxylic acids is 1. The van der Waals surface area contributed by atoms with E-state index >= 15 is 0 Å². The number of anilines is 1. The number of hydrogen-bond acceptors (Lipinski definition) is 4. The lowest BCUT2D eigenvalue weighted by Crippen LogP contribution is -2.36. The first-order chi connectivity index (χ1) is 13.9. The van der Waals surface area contributed by atoms with E-state index in [1.165, 1.54) is 12.1 Å². The zero-order chi connectivity index (χ0) is 20.8. The van der Waals surface area contributed by atoms with Crippen LogP contribution in [0.2, 0.25) is 0 Å². The van der Waals surface area contributed by atoms with E-state index in [-0.39, 0.29) is 11.7 Å². The lowest BCUT2D eigenvalue weighted by atomic mass is 10.0. The van der Waals surface area contributed by atoms with Crippen molar-refractivity contribution in [2.75, 3.05) is 5.32 Å². The molecule has 0 aliphatic rings. The Labute approximate surface area is 169 Å². The van der Waals surface area contributed by atoms with Crippen molar-refractivity contribution in [1.82, 2.24) is 4.98 Å². The highest BCUT2D eigenvalue weighted by Gasteiger charge is 2.15. The van der Waals surface area contributed by atoms with Crippen molar-refractivity contribution >= 4 is 11.7 Å². The van der Waals surface area contributed by atoms with Crippen LogP contribution in [0.5, 0.6) is 11.5 Å². The number of carbonyl (C=O) groups is 1. The lowest BCUT2D eigenvalue weighted by molar-refractivity contribution is -0.117. The number of nitrogens with one attached hydrogen (secondary N) is 1. The van der Waals surface area contributed by atoms with Crippen LogP contribution >= 0.6 is 0 Å². The third-order valence-corrected chi connectivity index (χ3v) is 4.26. The summed E-state index contributed by atoms with van der Waals surface area (Å²) in [4.78, 5) is 16.7. The number of aromatic nitrogens is 1. The molecule has 1 unspecified atom stereocenters. The van der Waals surface area contributed by atoms with Gasteiger partial charge in [-0.05, 0) is 73.0 Å². The predicted molar refractivity (Wildman–Crippen MR) is 112 cm³/mol. The Morgan fingerprint density at radius 2 is 1.66 bits per heavy atom. The molecule has 6 heteroatoms. The zero-order valence-corrected chi connectivity index (χ0v) is 16.4. The highest BCUT2D eigenvalue weighted by molar-refractivity contribution is 5.94. The van der Waals surface area contributed by atoms with Crippen LogP contribution in [-0.4, -0.2) is 16.9 Å². The molecule has 0 aliphatic carbocycles. The van der Waals surface area contributed by atoms with Crippen molar-refractivity contribution in [2.24, 2.45) is 11.7 Å². The lowest BCUT2D eigenvalue weighted by Gasteiger charge is -2.14. The van der Waals surface area contributed by atoms with Gasteiger partial charge in [-0.15, -0.1) is 0 Å². The van der Waals surface area contributed by atoms with E-state index in [0.29, 0.717) is 35.3 Å². The first-order valence-corrected chi connectivity index (χ1v) is 9.48. The fourth-order valence-electron chi connectivity index (χ4n) is 2.83. The summed E-state index contributed by atoms with van der Waals surface area (Å²) in [5.41, 5.74) is 7.52. The van der Waals surface area contributed by atoms with Gasteiger partial charge in [-0.2, -0.15) is 0 Å². The highest BCUT2D eigenvalue weighted by Crippen LogP contribution is 2.25. The average Bonchev–Trinajstić information content (AvgIpc) is 2.70. The zero-order valence-electron chi connectivity index (χ0n) is 16.4. The standard InChI is InChI=1S/C23H24FN3O2/c1-15(2)14-20(25)23(28)27-22-5-3-4-21(26-22)16-6-10-18(11-7-16)29-19-12-8-17(24)9-13-19/h3-13,15,20H,14,25H2,1-2H3,(H,26,27,28). The van der Waals surface area contributed by atoms with E-state index < -0.39 is 6.04 Å². The molecule has 0 aliphatic heterocycles. The quantitative estimate of drug-likeness (QED) is 0.593. The van der Waals surface area contributed by atoms with Crippen molar-refractivity contribution < 1.29 is 13.9 Å². The fraction of sp³-hybridized carbons (Fsp3) is 0.217. The predicted octanol–water partition coefficient (Wildman–Crippen LogP) is 4.99. The molecule has 0 fully saturated rings. The maximum Gasteiger partial charge on any atom is 0.242 e. The second-order valence-corrected chi connectivity index (χ2v) is 7.21. The number of hydrogen-bond donors (Lipinski definition) is 2. The van der Waals surface area contributed by atoms with Crippen LogP contribution < -0.4 is 15.8 Å². The molecule has 3 aromatic rings. The van der Waals surface area contributed by atoms with E-state index in [2.05, 4.69) is 10.3 Å². The van der Waals surface area contributed by atoms with E-state index in [9.17, 15) is 9.18 Å². The summed E-state index contributed by atoms with van der Waals surface area (Å²) in [5, 5.41) is 2.78. The Morgan fingerprint density at radius 3 is 2.28 bits per heavy atom. The van der Waals surface area contributed by atoms with Crippen LogP contribution in [0.25, 0.3) is 11.3 Å². The summed E-state index contributed by atoms with van der Waals surface area (Å²) < 4.78 is 18.7. The van der Waals surface area contributed by atoms with Gasteiger partial charge in [-0.25, -0.2) is 9.37 Å². The normalized spacial score (nSPS) is 11.9.